The summed E-state index contributed by atoms with van der Waals surface area (Å²) in [5.74, 6) is 2.34. The van der Waals surface area contributed by atoms with Gasteiger partial charge in [0.05, 0.1) is 6.07 Å². The molecule has 28 heavy (non-hydrogen) atoms. The Hall–Kier alpha value is -2.14. The van der Waals surface area contributed by atoms with Gasteiger partial charge in [-0.2, -0.15) is 5.26 Å². The van der Waals surface area contributed by atoms with Crippen molar-refractivity contribution in [2.45, 2.75) is 70.6 Å². The van der Waals surface area contributed by atoms with Gasteiger partial charge in [-0.05, 0) is 86.7 Å². The minimum atomic E-state index is -0.311. The fourth-order valence-electron chi connectivity index (χ4n) is 5.27. The van der Waals surface area contributed by atoms with E-state index < -0.39 is 0 Å². The van der Waals surface area contributed by atoms with Crippen molar-refractivity contribution in [1.29, 1.82) is 5.26 Å². The number of carbonyl (C=O) groups excluding carboxylic acids is 1. The van der Waals surface area contributed by atoms with Crippen LogP contribution in [0.4, 0.5) is 0 Å². The van der Waals surface area contributed by atoms with Crippen molar-refractivity contribution in [3.63, 3.8) is 0 Å². The molecule has 0 radical (unpaired) electrons. The third-order valence-electron chi connectivity index (χ3n) is 7.20. The highest BCUT2D eigenvalue weighted by molar-refractivity contribution is 5.63. The summed E-state index contributed by atoms with van der Waals surface area (Å²) in [4.78, 5) is 11.7. The van der Waals surface area contributed by atoms with Gasteiger partial charge in [0.2, 0.25) is 0 Å². The van der Waals surface area contributed by atoms with Gasteiger partial charge in [0, 0.05) is 11.5 Å². The van der Waals surface area contributed by atoms with Gasteiger partial charge in [-0.3, -0.25) is 0 Å². The van der Waals surface area contributed by atoms with E-state index in [1.165, 1.54) is 42.9 Å². The number of rotatable bonds is 6. The highest BCUT2D eigenvalue weighted by atomic mass is 16.1. The van der Waals surface area contributed by atoms with Crippen LogP contribution in [0.25, 0.3) is 0 Å². The molecule has 2 heteroatoms. The molecule has 0 amide bonds. The second-order valence-electron chi connectivity index (χ2n) is 8.74. The summed E-state index contributed by atoms with van der Waals surface area (Å²) < 4.78 is 0. The molecule has 0 bridgehead atoms. The number of hydrogen-bond donors (Lipinski definition) is 0. The number of nitrogens with zero attached hydrogens (tertiary/aromatic N) is 1. The maximum atomic E-state index is 11.7. The zero-order chi connectivity index (χ0) is 19.8. The Morgan fingerprint density at radius 1 is 1.00 bits per heavy atom. The topological polar surface area (TPSA) is 40.9 Å². The number of carbonyl (C=O) groups is 1. The Bertz CT molecular complexity index is 721. The molecule has 0 aromatic heterocycles. The van der Waals surface area contributed by atoms with Crippen molar-refractivity contribution < 1.29 is 4.79 Å². The Morgan fingerprint density at radius 2 is 1.64 bits per heavy atom. The lowest BCUT2D eigenvalue weighted by atomic mass is 9.64. The average molecular weight is 376 g/mol. The Balaban J connectivity index is 1.50. The predicted octanol–water partition coefficient (Wildman–Crippen LogP) is 6.53. The summed E-state index contributed by atoms with van der Waals surface area (Å²) in [5.41, 5.74) is 2.64. The maximum absolute atomic E-state index is 11.7. The van der Waals surface area contributed by atoms with Crippen molar-refractivity contribution in [3.05, 3.63) is 59.7 Å². The van der Waals surface area contributed by atoms with E-state index in [9.17, 15) is 4.79 Å². The molecule has 2 fully saturated rings. The highest BCUT2D eigenvalue weighted by Gasteiger charge is 2.37. The number of allylic oxidation sites excluding steroid dienone is 4. The van der Waals surface area contributed by atoms with E-state index in [0.29, 0.717) is 0 Å². The second-order valence-corrected chi connectivity index (χ2v) is 8.74. The van der Waals surface area contributed by atoms with Gasteiger partial charge in [0.1, 0.15) is 6.29 Å². The smallest absolute Gasteiger partial charge is 0.129 e. The summed E-state index contributed by atoms with van der Waals surface area (Å²) in [6, 6.07) is 11.3. The van der Waals surface area contributed by atoms with E-state index in [0.717, 1.165) is 56.1 Å². The summed E-state index contributed by atoms with van der Waals surface area (Å²) in [7, 11) is 0. The molecular formula is C26H33NO. The molecule has 0 spiro atoms. The van der Waals surface area contributed by atoms with E-state index in [4.69, 9.17) is 5.26 Å². The molecule has 0 N–H and O–H groups in total. The van der Waals surface area contributed by atoms with Crippen LogP contribution in [-0.4, -0.2) is 6.29 Å². The van der Waals surface area contributed by atoms with Crippen LogP contribution in [0.2, 0.25) is 0 Å². The normalized spacial score (nSPS) is 31.1. The zero-order valence-corrected chi connectivity index (χ0v) is 17.1. The van der Waals surface area contributed by atoms with Crippen molar-refractivity contribution in [3.8, 4) is 6.07 Å². The molecule has 1 aromatic rings. The minimum Gasteiger partial charge on any atom is -0.302 e. The lowest BCUT2D eigenvalue weighted by Gasteiger charge is -2.40. The molecule has 0 aliphatic heterocycles. The maximum Gasteiger partial charge on any atom is 0.129 e. The first-order valence-corrected chi connectivity index (χ1v) is 11.0. The van der Waals surface area contributed by atoms with Crippen LogP contribution in [0.15, 0.2) is 48.6 Å². The zero-order valence-electron chi connectivity index (χ0n) is 17.1. The fraction of sp³-hybridized carbons (Fsp3) is 0.538. The number of aldehydes is 1. The SMILES string of the molecule is CCc1ccc(C2CCC(C3CCC(C=O)(C=CC=CC#N)CC3)CC2)cc1. The molecule has 2 aliphatic rings. The van der Waals surface area contributed by atoms with Crippen LogP contribution in [-0.2, 0) is 11.2 Å². The molecule has 0 saturated heterocycles. The summed E-state index contributed by atoms with van der Waals surface area (Å²) >= 11 is 0. The predicted molar refractivity (Wildman–Crippen MR) is 115 cm³/mol. The van der Waals surface area contributed by atoms with E-state index in [-0.39, 0.29) is 5.41 Å². The van der Waals surface area contributed by atoms with E-state index in [1.807, 2.05) is 18.2 Å². The molecular weight excluding hydrogens is 342 g/mol. The minimum absolute atomic E-state index is 0.311. The summed E-state index contributed by atoms with van der Waals surface area (Å²) in [6.07, 6.45) is 18.8. The van der Waals surface area contributed by atoms with E-state index >= 15 is 0 Å². The molecule has 0 atom stereocenters. The molecule has 148 valence electrons. The monoisotopic (exact) mass is 375 g/mol. The third kappa shape index (κ3) is 5.02. The Kier molecular flexibility index (Phi) is 7.26. The van der Waals surface area contributed by atoms with Crippen molar-refractivity contribution in [2.75, 3.05) is 0 Å². The summed E-state index contributed by atoms with van der Waals surface area (Å²) in [5, 5.41) is 8.58. The van der Waals surface area contributed by atoms with Crippen LogP contribution >= 0.6 is 0 Å². The lowest BCUT2D eigenvalue weighted by Crippen LogP contribution is -2.31. The van der Waals surface area contributed by atoms with Gasteiger partial charge in [-0.15, -0.1) is 0 Å². The quantitative estimate of drug-likeness (QED) is 0.322. The largest absolute Gasteiger partial charge is 0.302 e. The van der Waals surface area contributed by atoms with Crippen molar-refractivity contribution >= 4 is 6.29 Å². The fourth-order valence-corrected chi connectivity index (χ4v) is 5.27. The standard InChI is InChI=1S/C26H33NO/c1-2-21-6-8-22(9-7-21)23-10-12-24(13-11-23)25-14-17-26(20-28,18-15-25)16-4-3-5-19-27/h3-9,16,20,23-25H,2,10-15,17-18H2,1H3. The van der Waals surface area contributed by atoms with Crippen LogP contribution in [0, 0.1) is 28.6 Å². The lowest BCUT2D eigenvalue weighted by molar-refractivity contribution is -0.116. The number of hydrogen-bond acceptors (Lipinski definition) is 2. The highest BCUT2D eigenvalue weighted by Crippen LogP contribution is 2.47. The molecule has 1 aromatic carbocycles. The van der Waals surface area contributed by atoms with E-state index in [1.54, 1.807) is 6.08 Å². The van der Waals surface area contributed by atoms with Gasteiger partial charge < -0.3 is 4.79 Å². The molecule has 2 saturated carbocycles. The Labute approximate surface area is 170 Å². The van der Waals surface area contributed by atoms with Gasteiger partial charge in [-0.1, -0.05) is 49.4 Å². The first-order valence-electron chi connectivity index (χ1n) is 11.0. The number of aryl methyl sites for hydroxylation is 1. The molecule has 0 unspecified atom stereocenters. The molecule has 3 rings (SSSR count). The average Bonchev–Trinajstić information content (AvgIpc) is 2.77. The molecule has 0 heterocycles. The van der Waals surface area contributed by atoms with Gasteiger partial charge in [0.25, 0.3) is 0 Å². The Morgan fingerprint density at radius 3 is 2.21 bits per heavy atom. The van der Waals surface area contributed by atoms with Crippen LogP contribution < -0.4 is 0 Å². The van der Waals surface area contributed by atoms with Gasteiger partial charge in [0.15, 0.2) is 0 Å². The van der Waals surface area contributed by atoms with Crippen LogP contribution in [0.1, 0.15) is 75.3 Å². The number of benzene rings is 1. The van der Waals surface area contributed by atoms with E-state index in [2.05, 4.69) is 31.2 Å². The van der Waals surface area contributed by atoms with Crippen molar-refractivity contribution in [2.24, 2.45) is 17.3 Å². The first-order chi connectivity index (χ1) is 13.7. The second kappa shape index (κ2) is 9.87. The van der Waals surface area contributed by atoms with Crippen LogP contribution in [0.3, 0.4) is 0 Å². The molecule has 2 aliphatic carbocycles. The van der Waals surface area contributed by atoms with Gasteiger partial charge >= 0.3 is 0 Å². The third-order valence-corrected chi connectivity index (χ3v) is 7.20. The molecule has 2 nitrogen and oxygen atoms in total. The number of nitriles is 1. The van der Waals surface area contributed by atoms with Crippen molar-refractivity contribution in [1.82, 2.24) is 0 Å². The first kappa shape index (κ1) is 20.6. The van der Waals surface area contributed by atoms with Crippen LogP contribution in [0.5, 0.6) is 0 Å². The van der Waals surface area contributed by atoms with Gasteiger partial charge in [-0.25, -0.2) is 0 Å². The summed E-state index contributed by atoms with van der Waals surface area (Å²) in [6.45, 7) is 2.21.